The minimum atomic E-state index is 0.335. The molecule has 26 heavy (non-hydrogen) atoms. The zero-order valence-electron chi connectivity index (χ0n) is 15.6. The Morgan fingerprint density at radius 3 is 2.65 bits per heavy atom. The lowest BCUT2D eigenvalue weighted by Crippen LogP contribution is -2.42. The number of anilines is 2. The second-order valence-electron chi connectivity index (χ2n) is 7.62. The van der Waals surface area contributed by atoms with Crippen LogP contribution in [0.5, 0.6) is 0 Å². The van der Waals surface area contributed by atoms with E-state index in [0.29, 0.717) is 12.0 Å². The fourth-order valence-electron chi connectivity index (χ4n) is 3.61. The van der Waals surface area contributed by atoms with Gasteiger partial charge in [-0.25, -0.2) is 19.9 Å². The van der Waals surface area contributed by atoms with Gasteiger partial charge in [-0.1, -0.05) is 0 Å². The predicted octanol–water partition coefficient (Wildman–Crippen LogP) is 2.00. The van der Waals surface area contributed by atoms with Crippen LogP contribution < -0.4 is 10.6 Å². The molecule has 7 nitrogen and oxygen atoms in total. The highest BCUT2D eigenvalue weighted by Crippen LogP contribution is 2.35. The maximum absolute atomic E-state index is 5.82. The fraction of sp³-hybridized carbons (Fsp3) is 0.579. The summed E-state index contributed by atoms with van der Waals surface area (Å²) in [6.07, 6.45) is 9.42. The number of aromatic nitrogens is 4. The van der Waals surface area contributed by atoms with Crippen molar-refractivity contribution in [2.45, 2.75) is 38.1 Å². The second kappa shape index (κ2) is 7.15. The molecular weight excluding hydrogens is 326 g/mol. The van der Waals surface area contributed by atoms with Crippen LogP contribution in [0.3, 0.4) is 0 Å². The molecule has 2 aromatic rings. The third kappa shape index (κ3) is 3.77. The summed E-state index contributed by atoms with van der Waals surface area (Å²) < 4.78 is 0. The van der Waals surface area contributed by atoms with Crippen molar-refractivity contribution in [1.82, 2.24) is 24.8 Å². The Labute approximate surface area is 154 Å². The van der Waals surface area contributed by atoms with Crippen LogP contribution in [-0.2, 0) is 6.42 Å². The van der Waals surface area contributed by atoms with E-state index in [4.69, 9.17) is 10.7 Å². The fourth-order valence-corrected chi connectivity index (χ4v) is 3.61. The van der Waals surface area contributed by atoms with Crippen LogP contribution in [0.4, 0.5) is 11.9 Å². The molecule has 0 amide bonds. The molecule has 1 aliphatic heterocycles. The van der Waals surface area contributed by atoms with Gasteiger partial charge in [-0.05, 0) is 64.2 Å². The first kappa shape index (κ1) is 17.1. The van der Waals surface area contributed by atoms with E-state index in [9.17, 15) is 0 Å². The summed E-state index contributed by atoms with van der Waals surface area (Å²) in [5.41, 5.74) is 8.69. The number of piperidine rings is 1. The highest BCUT2D eigenvalue weighted by molar-refractivity contribution is 5.62. The van der Waals surface area contributed by atoms with Crippen molar-refractivity contribution >= 4 is 11.9 Å². The molecule has 1 saturated carbocycles. The Morgan fingerprint density at radius 2 is 1.92 bits per heavy atom. The number of rotatable bonds is 5. The van der Waals surface area contributed by atoms with Crippen molar-refractivity contribution in [3.63, 3.8) is 0 Å². The predicted molar refractivity (Wildman–Crippen MR) is 103 cm³/mol. The van der Waals surface area contributed by atoms with Gasteiger partial charge in [0.25, 0.3) is 0 Å². The first-order valence-electron chi connectivity index (χ1n) is 9.46. The average molecular weight is 353 g/mol. The summed E-state index contributed by atoms with van der Waals surface area (Å²) in [5, 5.41) is 0. The Hall–Kier alpha value is -2.28. The van der Waals surface area contributed by atoms with Gasteiger partial charge in [0.15, 0.2) is 0 Å². The molecular formula is C19H27N7. The number of nitrogens with two attached hydrogens (primary N) is 1. The van der Waals surface area contributed by atoms with E-state index in [2.05, 4.69) is 38.8 Å². The summed E-state index contributed by atoms with van der Waals surface area (Å²) in [7, 11) is 4.27. The zero-order valence-corrected chi connectivity index (χ0v) is 15.6. The molecule has 3 heterocycles. The first-order valence-corrected chi connectivity index (χ1v) is 9.46. The number of hydrogen-bond acceptors (Lipinski definition) is 7. The number of nitrogen functional groups attached to an aromatic ring is 1. The van der Waals surface area contributed by atoms with Gasteiger partial charge in [0.05, 0.1) is 11.4 Å². The summed E-state index contributed by atoms with van der Waals surface area (Å²) in [5.74, 6) is 1.83. The summed E-state index contributed by atoms with van der Waals surface area (Å²) >= 11 is 0. The van der Waals surface area contributed by atoms with Crippen LogP contribution in [0.15, 0.2) is 18.5 Å². The Balaban J connectivity index is 1.59. The van der Waals surface area contributed by atoms with Crippen molar-refractivity contribution in [3.8, 4) is 11.3 Å². The van der Waals surface area contributed by atoms with Gasteiger partial charge in [0.1, 0.15) is 0 Å². The zero-order chi connectivity index (χ0) is 18.1. The largest absolute Gasteiger partial charge is 0.368 e. The van der Waals surface area contributed by atoms with Gasteiger partial charge in [-0.15, -0.1) is 0 Å². The van der Waals surface area contributed by atoms with Gasteiger partial charge in [-0.2, -0.15) is 0 Å². The van der Waals surface area contributed by atoms with Crippen LogP contribution in [-0.4, -0.2) is 58.1 Å². The van der Waals surface area contributed by atoms with E-state index in [1.54, 1.807) is 0 Å². The van der Waals surface area contributed by atoms with Gasteiger partial charge < -0.3 is 15.5 Å². The Bertz CT molecular complexity index is 766. The molecule has 7 heteroatoms. The molecule has 1 aliphatic carbocycles. The number of hydrogen-bond donors (Lipinski definition) is 1. The minimum absolute atomic E-state index is 0.335. The lowest BCUT2D eigenvalue weighted by atomic mass is 10.0. The summed E-state index contributed by atoms with van der Waals surface area (Å²) in [6.45, 7) is 2.23. The third-order valence-corrected chi connectivity index (χ3v) is 5.54. The first-order chi connectivity index (χ1) is 12.6. The van der Waals surface area contributed by atoms with Crippen molar-refractivity contribution in [1.29, 1.82) is 0 Å². The van der Waals surface area contributed by atoms with Crippen molar-refractivity contribution < 1.29 is 0 Å². The van der Waals surface area contributed by atoms with E-state index >= 15 is 0 Å². The van der Waals surface area contributed by atoms with Gasteiger partial charge in [0, 0.05) is 31.0 Å². The molecule has 0 spiro atoms. The molecule has 0 bridgehead atoms. The molecule has 0 unspecified atom stereocenters. The number of likely N-dealkylation sites (tertiary alicyclic amines) is 1. The van der Waals surface area contributed by atoms with Crippen molar-refractivity contribution in [2.24, 2.45) is 5.92 Å². The molecule has 2 aromatic heterocycles. The van der Waals surface area contributed by atoms with E-state index in [-0.39, 0.29) is 0 Å². The SMILES string of the molecule is CN1CCC(N(C)c2nccc(-c3cnc(N)nc3CC3CC3)n2)CC1. The van der Waals surface area contributed by atoms with E-state index < -0.39 is 0 Å². The van der Waals surface area contributed by atoms with Gasteiger partial charge in [-0.3, -0.25) is 0 Å². The van der Waals surface area contributed by atoms with Crippen LogP contribution in [0.2, 0.25) is 0 Å². The van der Waals surface area contributed by atoms with E-state index in [1.165, 1.54) is 12.8 Å². The topological polar surface area (TPSA) is 84.1 Å². The molecule has 2 N–H and O–H groups in total. The van der Waals surface area contributed by atoms with Gasteiger partial charge >= 0.3 is 0 Å². The molecule has 4 rings (SSSR count). The van der Waals surface area contributed by atoms with Crippen molar-refractivity contribution in [2.75, 3.05) is 37.8 Å². The highest BCUT2D eigenvalue weighted by Gasteiger charge is 2.25. The third-order valence-electron chi connectivity index (χ3n) is 5.54. The van der Waals surface area contributed by atoms with Crippen LogP contribution in [0, 0.1) is 5.92 Å². The van der Waals surface area contributed by atoms with Crippen LogP contribution in [0.25, 0.3) is 11.3 Å². The maximum atomic E-state index is 5.82. The highest BCUT2D eigenvalue weighted by atomic mass is 15.3. The van der Waals surface area contributed by atoms with Crippen LogP contribution >= 0.6 is 0 Å². The minimum Gasteiger partial charge on any atom is -0.368 e. The summed E-state index contributed by atoms with van der Waals surface area (Å²) in [4.78, 5) is 22.6. The molecule has 2 fully saturated rings. The quantitative estimate of drug-likeness (QED) is 0.880. The van der Waals surface area contributed by atoms with E-state index in [0.717, 1.165) is 61.2 Å². The van der Waals surface area contributed by atoms with E-state index in [1.807, 2.05) is 18.5 Å². The molecule has 0 radical (unpaired) electrons. The monoisotopic (exact) mass is 353 g/mol. The number of nitrogens with zero attached hydrogens (tertiary/aromatic N) is 6. The Morgan fingerprint density at radius 1 is 1.15 bits per heavy atom. The molecule has 1 saturated heterocycles. The Kier molecular flexibility index (Phi) is 4.72. The average Bonchev–Trinajstić information content (AvgIpc) is 3.46. The van der Waals surface area contributed by atoms with Crippen LogP contribution in [0.1, 0.15) is 31.4 Å². The summed E-state index contributed by atoms with van der Waals surface area (Å²) in [6, 6.07) is 2.42. The second-order valence-corrected chi connectivity index (χ2v) is 7.62. The molecule has 2 aliphatic rings. The maximum Gasteiger partial charge on any atom is 0.225 e. The molecule has 0 aromatic carbocycles. The lowest BCUT2D eigenvalue weighted by Gasteiger charge is -2.35. The van der Waals surface area contributed by atoms with Gasteiger partial charge in [0.2, 0.25) is 11.9 Å². The smallest absolute Gasteiger partial charge is 0.225 e. The normalized spacial score (nSPS) is 18.8. The standard InChI is InChI=1S/C19H27N7/c1-25-9-6-14(7-10-25)26(2)19-21-8-5-16(24-19)15-12-22-18(20)23-17(15)11-13-3-4-13/h5,8,12-14H,3-4,6-7,9-11H2,1-2H3,(H2,20,22,23). The molecule has 0 atom stereocenters. The lowest BCUT2D eigenvalue weighted by molar-refractivity contribution is 0.252. The van der Waals surface area contributed by atoms with Crippen molar-refractivity contribution in [3.05, 3.63) is 24.2 Å². The molecule has 138 valence electrons.